The fourth-order valence-corrected chi connectivity index (χ4v) is 2.68. The van der Waals surface area contributed by atoms with Crippen LogP contribution in [0.5, 0.6) is 0 Å². The number of esters is 1. The van der Waals surface area contributed by atoms with Crippen molar-refractivity contribution in [1.29, 1.82) is 0 Å². The van der Waals surface area contributed by atoms with Crippen molar-refractivity contribution in [2.75, 3.05) is 0 Å². The van der Waals surface area contributed by atoms with E-state index in [1.54, 1.807) is 20.8 Å². The largest absolute Gasteiger partial charge is 0.461 e. The predicted molar refractivity (Wildman–Crippen MR) is 55.0 cm³/mol. The second kappa shape index (κ2) is 3.17. The Morgan fingerprint density at radius 1 is 1.31 bits per heavy atom. The van der Waals surface area contributed by atoms with Gasteiger partial charge in [0.25, 0.3) is 5.92 Å². The summed E-state index contributed by atoms with van der Waals surface area (Å²) in [5.41, 5.74) is -0.620. The van der Waals surface area contributed by atoms with E-state index in [0.717, 1.165) is 0 Å². The molecule has 4 heteroatoms. The number of hydrogen-bond acceptors (Lipinski definition) is 2. The van der Waals surface area contributed by atoms with Crippen LogP contribution in [0.25, 0.3) is 0 Å². The van der Waals surface area contributed by atoms with E-state index in [9.17, 15) is 13.6 Å². The molecule has 0 aliphatic heterocycles. The number of fused-ring (bicyclic) bond motifs is 1. The van der Waals surface area contributed by atoms with Gasteiger partial charge in [-0.05, 0) is 33.1 Å². The van der Waals surface area contributed by atoms with Gasteiger partial charge in [0.2, 0.25) is 0 Å². The molecule has 0 radical (unpaired) electrons. The molecule has 0 spiro atoms. The summed E-state index contributed by atoms with van der Waals surface area (Å²) in [6, 6.07) is 0. The topological polar surface area (TPSA) is 26.3 Å². The maximum atomic E-state index is 13.3. The molecule has 2 aliphatic carbocycles. The highest BCUT2D eigenvalue weighted by Crippen LogP contribution is 2.67. The van der Waals surface area contributed by atoms with Gasteiger partial charge < -0.3 is 4.74 Å². The van der Waals surface area contributed by atoms with Gasteiger partial charge in [0.1, 0.15) is 6.10 Å². The molecular weight excluding hydrogens is 214 g/mol. The maximum Gasteiger partial charge on any atom is 0.311 e. The Kier molecular flexibility index (Phi) is 2.34. The molecule has 92 valence electrons. The first kappa shape index (κ1) is 11.8. The van der Waals surface area contributed by atoms with Crippen molar-refractivity contribution in [3.63, 3.8) is 0 Å². The number of halogens is 2. The number of alkyl halides is 2. The Balaban J connectivity index is 2.01. The lowest BCUT2D eigenvalue weighted by molar-refractivity contribution is -0.161. The minimum absolute atomic E-state index is 0.0437. The minimum atomic E-state index is -2.61. The molecule has 0 unspecified atom stereocenters. The zero-order valence-electron chi connectivity index (χ0n) is 10.1. The van der Waals surface area contributed by atoms with Crippen LogP contribution in [0.1, 0.15) is 34.1 Å². The molecular formula is C12H18F2O2. The van der Waals surface area contributed by atoms with Gasteiger partial charge in [-0.3, -0.25) is 4.79 Å². The summed E-state index contributed by atoms with van der Waals surface area (Å²) in [6.45, 7) is 7.01. The summed E-state index contributed by atoms with van der Waals surface area (Å²) in [5.74, 6) is -4.33. The van der Waals surface area contributed by atoms with Gasteiger partial charge in [-0.15, -0.1) is 0 Å². The lowest BCUT2D eigenvalue weighted by atomic mass is 9.97. The first-order valence-corrected chi connectivity index (χ1v) is 5.74. The quantitative estimate of drug-likeness (QED) is 0.650. The van der Waals surface area contributed by atoms with Crippen molar-refractivity contribution >= 4 is 5.97 Å². The van der Waals surface area contributed by atoms with Gasteiger partial charge in [0.15, 0.2) is 0 Å². The van der Waals surface area contributed by atoms with Crippen LogP contribution in [-0.4, -0.2) is 18.0 Å². The van der Waals surface area contributed by atoms with E-state index in [1.807, 2.05) is 6.92 Å². The molecule has 2 nitrogen and oxygen atoms in total. The second-order valence-electron chi connectivity index (χ2n) is 6.13. The van der Waals surface area contributed by atoms with E-state index in [1.165, 1.54) is 0 Å². The van der Waals surface area contributed by atoms with Crippen molar-refractivity contribution in [3.8, 4) is 0 Å². The monoisotopic (exact) mass is 232 g/mol. The zero-order valence-corrected chi connectivity index (χ0v) is 10.1. The first-order valence-electron chi connectivity index (χ1n) is 5.74. The average Bonchev–Trinajstić information content (AvgIpc) is 2.45. The molecule has 2 fully saturated rings. The SMILES string of the molecule is C[C@H]1C[C@@H](OC(=O)C(C)(C)C)[C@H]2[C@@H]1C2(F)F. The number of ether oxygens (including phenoxy) is 1. The lowest BCUT2D eigenvalue weighted by Gasteiger charge is -2.23. The van der Waals surface area contributed by atoms with Gasteiger partial charge in [0.05, 0.1) is 11.3 Å². The Labute approximate surface area is 94.3 Å². The van der Waals surface area contributed by atoms with E-state index in [0.29, 0.717) is 6.42 Å². The van der Waals surface area contributed by atoms with Crippen molar-refractivity contribution in [2.24, 2.45) is 23.2 Å². The van der Waals surface area contributed by atoms with Crippen LogP contribution < -0.4 is 0 Å². The van der Waals surface area contributed by atoms with Crippen LogP contribution in [0.2, 0.25) is 0 Å². The molecule has 0 saturated heterocycles. The first-order chi connectivity index (χ1) is 7.15. The smallest absolute Gasteiger partial charge is 0.311 e. The Morgan fingerprint density at radius 3 is 2.25 bits per heavy atom. The molecule has 0 aromatic heterocycles. The maximum absolute atomic E-state index is 13.3. The summed E-state index contributed by atoms with van der Waals surface area (Å²) in [7, 11) is 0. The highest BCUT2D eigenvalue weighted by Gasteiger charge is 2.77. The average molecular weight is 232 g/mol. The summed E-state index contributed by atoms with van der Waals surface area (Å²) in [4.78, 5) is 11.6. The molecule has 2 rings (SSSR count). The van der Waals surface area contributed by atoms with Gasteiger partial charge >= 0.3 is 5.97 Å². The normalized spacial score (nSPS) is 40.4. The summed E-state index contributed by atoms with van der Waals surface area (Å²) in [5, 5.41) is 0. The van der Waals surface area contributed by atoms with E-state index >= 15 is 0 Å². The molecule has 2 saturated carbocycles. The van der Waals surface area contributed by atoms with Crippen LogP contribution in [0.15, 0.2) is 0 Å². The fourth-order valence-electron chi connectivity index (χ4n) is 2.68. The summed E-state index contributed by atoms with van der Waals surface area (Å²) >= 11 is 0. The fraction of sp³-hybridized carbons (Fsp3) is 0.917. The third-order valence-corrected chi connectivity index (χ3v) is 3.66. The highest BCUT2D eigenvalue weighted by atomic mass is 19.3. The van der Waals surface area contributed by atoms with Crippen LogP contribution in [-0.2, 0) is 9.53 Å². The molecule has 0 bridgehead atoms. The Bertz CT molecular complexity index is 319. The van der Waals surface area contributed by atoms with Gasteiger partial charge in [-0.2, -0.15) is 0 Å². The van der Waals surface area contributed by atoms with Crippen LogP contribution in [0, 0.1) is 23.2 Å². The number of hydrogen-bond donors (Lipinski definition) is 0. The minimum Gasteiger partial charge on any atom is -0.461 e. The molecule has 0 aromatic rings. The van der Waals surface area contributed by atoms with Gasteiger partial charge in [-0.1, -0.05) is 6.92 Å². The van der Waals surface area contributed by atoms with Crippen molar-refractivity contribution in [2.45, 2.75) is 46.1 Å². The molecule has 2 aliphatic rings. The molecule has 16 heavy (non-hydrogen) atoms. The summed E-state index contributed by atoms with van der Waals surface area (Å²) < 4.78 is 31.8. The van der Waals surface area contributed by atoms with E-state index in [4.69, 9.17) is 4.74 Å². The molecule has 0 amide bonds. The van der Waals surface area contributed by atoms with Crippen molar-refractivity contribution < 1.29 is 18.3 Å². The zero-order chi connectivity index (χ0) is 12.3. The van der Waals surface area contributed by atoms with Crippen LogP contribution in [0.4, 0.5) is 8.78 Å². The van der Waals surface area contributed by atoms with Gasteiger partial charge in [-0.25, -0.2) is 8.78 Å². The van der Waals surface area contributed by atoms with E-state index < -0.39 is 29.3 Å². The Hall–Kier alpha value is -0.670. The third-order valence-electron chi connectivity index (χ3n) is 3.66. The predicted octanol–water partition coefficient (Wildman–Crippen LogP) is 2.87. The number of carbonyl (C=O) groups is 1. The van der Waals surface area contributed by atoms with Crippen molar-refractivity contribution in [1.82, 2.24) is 0 Å². The summed E-state index contributed by atoms with van der Waals surface area (Å²) in [6.07, 6.45) is -0.00560. The Morgan fingerprint density at radius 2 is 1.88 bits per heavy atom. The molecule has 0 heterocycles. The second-order valence-corrected chi connectivity index (χ2v) is 6.13. The van der Waals surface area contributed by atoms with Crippen molar-refractivity contribution in [3.05, 3.63) is 0 Å². The third kappa shape index (κ3) is 1.62. The molecule has 4 atom stereocenters. The lowest BCUT2D eigenvalue weighted by Crippen LogP contribution is -2.30. The highest BCUT2D eigenvalue weighted by molar-refractivity contribution is 5.75. The standard InChI is InChI=1S/C12H18F2O2/c1-6-5-7(9-8(6)12(9,13)14)16-10(15)11(2,3)4/h6-9H,5H2,1-4H3/t6-,7+,8+,9-/m0/s1. The molecule has 0 N–H and O–H groups in total. The van der Waals surface area contributed by atoms with Crippen LogP contribution >= 0.6 is 0 Å². The van der Waals surface area contributed by atoms with Crippen LogP contribution in [0.3, 0.4) is 0 Å². The van der Waals surface area contributed by atoms with E-state index in [2.05, 4.69) is 0 Å². The molecule has 0 aromatic carbocycles. The number of rotatable bonds is 1. The van der Waals surface area contributed by atoms with Gasteiger partial charge in [0, 0.05) is 5.92 Å². The number of carbonyl (C=O) groups excluding carboxylic acids is 1. The van der Waals surface area contributed by atoms with E-state index in [-0.39, 0.29) is 11.9 Å².